The molecule has 2 aliphatic rings. The molecule has 0 unspecified atom stereocenters. The van der Waals surface area contributed by atoms with E-state index >= 15 is 0 Å². The summed E-state index contributed by atoms with van der Waals surface area (Å²) in [5.41, 5.74) is 2.29. The largest absolute Gasteiger partial charge is 0.355 e. The maximum absolute atomic E-state index is 4.70. The molecule has 2 aromatic rings. The van der Waals surface area contributed by atoms with Crippen molar-refractivity contribution in [3.05, 3.63) is 24.3 Å². The third kappa shape index (κ3) is 2.11. The van der Waals surface area contributed by atoms with Crippen LogP contribution >= 0.6 is 0 Å². The van der Waals surface area contributed by atoms with Crippen LogP contribution in [0.1, 0.15) is 25.7 Å². The first-order valence-corrected chi connectivity index (χ1v) is 7.48. The fourth-order valence-electron chi connectivity index (χ4n) is 3.28. The molecule has 0 spiro atoms. The highest BCUT2D eigenvalue weighted by Gasteiger charge is 2.41. The minimum atomic E-state index is 0.889. The van der Waals surface area contributed by atoms with Crippen LogP contribution in [0.5, 0.6) is 0 Å². The zero-order chi connectivity index (χ0) is 12.8. The van der Waals surface area contributed by atoms with Gasteiger partial charge >= 0.3 is 0 Å². The van der Waals surface area contributed by atoms with Crippen LogP contribution in [-0.2, 0) is 7.05 Å². The lowest BCUT2D eigenvalue weighted by Gasteiger charge is -2.16. The minimum Gasteiger partial charge on any atom is -0.355 e. The van der Waals surface area contributed by atoms with E-state index in [9.17, 15) is 0 Å². The van der Waals surface area contributed by atoms with Crippen LogP contribution in [0.3, 0.4) is 0 Å². The van der Waals surface area contributed by atoms with Gasteiger partial charge in [-0.3, -0.25) is 0 Å². The van der Waals surface area contributed by atoms with E-state index in [2.05, 4.69) is 41.2 Å². The number of rotatable bonds is 5. The van der Waals surface area contributed by atoms with Crippen LogP contribution in [-0.4, -0.2) is 16.1 Å². The quantitative estimate of drug-likeness (QED) is 0.887. The van der Waals surface area contributed by atoms with Crippen LogP contribution in [0.15, 0.2) is 24.3 Å². The van der Waals surface area contributed by atoms with Gasteiger partial charge in [0.25, 0.3) is 0 Å². The fourth-order valence-corrected chi connectivity index (χ4v) is 3.28. The second-order valence-corrected chi connectivity index (χ2v) is 6.20. The van der Waals surface area contributed by atoms with E-state index in [0.717, 1.165) is 35.8 Å². The van der Waals surface area contributed by atoms with E-state index in [1.54, 1.807) is 0 Å². The summed E-state index contributed by atoms with van der Waals surface area (Å²) in [6.07, 6.45) is 5.80. The summed E-state index contributed by atoms with van der Waals surface area (Å²) in [4.78, 5) is 4.70. The number of aryl methyl sites for hydroxylation is 1. The van der Waals surface area contributed by atoms with Gasteiger partial charge in [-0.2, -0.15) is 0 Å². The first kappa shape index (κ1) is 11.3. The molecule has 1 N–H and O–H groups in total. The molecule has 2 aliphatic carbocycles. The maximum atomic E-state index is 4.70. The average Bonchev–Trinajstić information content (AvgIpc) is 3.32. The van der Waals surface area contributed by atoms with E-state index < -0.39 is 0 Å². The summed E-state index contributed by atoms with van der Waals surface area (Å²) in [7, 11) is 2.10. The molecule has 0 bridgehead atoms. The van der Waals surface area contributed by atoms with Gasteiger partial charge in [0.05, 0.1) is 11.0 Å². The molecule has 0 aliphatic heterocycles. The third-order valence-corrected chi connectivity index (χ3v) is 4.74. The number of benzene rings is 1. The zero-order valence-electron chi connectivity index (χ0n) is 11.5. The van der Waals surface area contributed by atoms with Gasteiger partial charge in [-0.05, 0) is 55.6 Å². The van der Waals surface area contributed by atoms with Crippen LogP contribution in [0, 0.1) is 17.8 Å². The number of aromatic nitrogens is 2. The van der Waals surface area contributed by atoms with E-state index in [1.807, 2.05) is 0 Å². The van der Waals surface area contributed by atoms with Gasteiger partial charge in [0, 0.05) is 13.6 Å². The van der Waals surface area contributed by atoms with Crippen molar-refractivity contribution in [1.29, 1.82) is 0 Å². The SMILES string of the molecule is Cn1c(NCC(C2CC2)C2CC2)nc2ccccc21. The van der Waals surface area contributed by atoms with Gasteiger partial charge in [-0.25, -0.2) is 4.98 Å². The van der Waals surface area contributed by atoms with Crippen molar-refractivity contribution in [2.24, 2.45) is 24.8 Å². The molecule has 3 heteroatoms. The van der Waals surface area contributed by atoms with Gasteiger partial charge in [0.1, 0.15) is 0 Å². The van der Waals surface area contributed by atoms with Gasteiger partial charge in [0.2, 0.25) is 5.95 Å². The number of hydrogen-bond acceptors (Lipinski definition) is 2. The Morgan fingerprint density at radius 3 is 2.53 bits per heavy atom. The normalized spacial score (nSPS) is 19.3. The van der Waals surface area contributed by atoms with Crippen molar-refractivity contribution in [3.8, 4) is 0 Å². The van der Waals surface area contributed by atoms with Crippen LogP contribution in [0.2, 0.25) is 0 Å². The molecule has 0 amide bonds. The van der Waals surface area contributed by atoms with Crippen molar-refractivity contribution in [3.63, 3.8) is 0 Å². The highest BCUT2D eigenvalue weighted by molar-refractivity contribution is 5.78. The number of para-hydroxylation sites is 2. The Bertz CT molecular complexity index is 581. The molecule has 19 heavy (non-hydrogen) atoms. The minimum absolute atomic E-state index is 0.889. The summed E-state index contributed by atoms with van der Waals surface area (Å²) in [6.45, 7) is 1.10. The smallest absolute Gasteiger partial charge is 0.203 e. The zero-order valence-corrected chi connectivity index (χ0v) is 11.5. The molecule has 1 aromatic carbocycles. The van der Waals surface area contributed by atoms with Gasteiger partial charge in [-0.15, -0.1) is 0 Å². The van der Waals surface area contributed by atoms with Crippen molar-refractivity contribution < 1.29 is 0 Å². The molecule has 3 nitrogen and oxygen atoms in total. The topological polar surface area (TPSA) is 29.9 Å². The summed E-state index contributed by atoms with van der Waals surface area (Å²) in [5.74, 6) is 3.90. The number of hydrogen-bond donors (Lipinski definition) is 1. The second-order valence-electron chi connectivity index (χ2n) is 6.20. The Labute approximate surface area is 114 Å². The van der Waals surface area contributed by atoms with Crippen LogP contribution < -0.4 is 5.32 Å². The molecule has 1 heterocycles. The standard InChI is InChI=1S/C16H21N3/c1-19-15-5-3-2-4-14(15)18-16(19)17-10-13(11-6-7-11)12-8-9-12/h2-5,11-13H,6-10H2,1H3,(H,17,18). The molecule has 1 aromatic heterocycles. The Kier molecular flexibility index (Phi) is 2.54. The molecule has 100 valence electrons. The molecule has 0 radical (unpaired) electrons. The number of nitrogens with one attached hydrogen (secondary N) is 1. The highest BCUT2D eigenvalue weighted by atomic mass is 15.2. The van der Waals surface area contributed by atoms with Gasteiger partial charge in [-0.1, -0.05) is 12.1 Å². The Morgan fingerprint density at radius 1 is 1.21 bits per heavy atom. The van der Waals surface area contributed by atoms with Crippen LogP contribution in [0.4, 0.5) is 5.95 Å². The van der Waals surface area contributed by atoms with Crippen molar-refractivity contribution in [2.75, 3.05) is 11.9 Å². The second kappa shape index (κ2) is 4.26. The lowest BCUT2D eigenvalue weighted by Crippen LogP contribution is -2.19. The number of imidazole rings is 1. The number of anilines is 1. The summed E-state index contributed by atoms with van der Waals surface area (Å²) < 4.78 is 2.17. The number of fused-ring (bicyclic) bond motifs is 1. The number of nitrogens with zero attached hydrogens (tertiary/aromatic N) is 2. The van der Waals surface area contributed by atoms with Crippen molar-refractivity contribution >= 4 is 17.0 Å². The summed E-state index contributed by atoms with van der Waals surface area (Å²) in [5, 5.41) is 3.60. The van der Waals surface area contributed by atoms with Crippen molar-refractivity contribution in [1.82, 2.24) is 9.55 Å². The predicted molar refractivity (Wildman–Crippen MR) is 78.1 cm³/mol. The average molecular weight is 255 g/mol. The molecule has 4 rings (SSSR count). The van der Waals surface area contributed by atoms with E-state index in [-0.39, 0.29) is 0 Å². The molecular formula is C16H21N3. The van der Waals surface area contributed by atoms with Gasteiger partial charge < -0.3 is 9.88 Å². The lowest BCUT2D eigenvalue weighted by molar-refractivity contribution is 0.427. The molecular weight excluding hydrogens is 234 g/mol. The van der Waals surface area contributed by atoms with E-state index in [1.165, 1.54) is 31.2 Å². The Balaban J connectivity index is 1.52. The Hall–Kier alpha value is -1.51. The summed E-state index contributed by atoms with van der Waals surface area (Å²) >= 11 is 0. The molecule has 0 saturated heterocycles. The third-order valence-electron chi connectivity index (χ3n) is 4.74. The monoisotopic (exact) mass is 255 g/mol. The molecule has 0 atom stereocenters. The maximum Gasteiger partial charge on any atom is 0.203 e. The van der Waals surface area contributed by atoms with Crippen LogP contribution in [0.25, 0.3) is 11.0 Å². The van der Waals surface area contributed by atoms with Crippen molar-refractivity contribution in [2.45, 2.75) is 25.7 Å². The fraction of sp³-hybridized carbons (Fsp3) is 0.562. The first-order chi connectivity index (χ1) is 9.33. The Morgan fingerprint density at radius 2 is 1.89 bits per heavy atom. The molecule has 2 fully saturated rings. The van der Waals surface area contributed by atoms with E-state index in [4.69, 9.17) is 4.98 Å². The van der Waals surface area contributed by atoms with E-state index in [0.29, 0.717) is 0 Å². The van der Waals surface area contributed by atoms with Gasteiger partial charge in [0.15, 0.2) is 0 Å². The highest BCUT2D eigenvalue weighted by Crippen LogP contribution is 2.49. The molecule has 2 saturated carbocycles. The predicted octanol–water partition coefficient (Wildman–Crippen LogP) is 3.42. The summed E-state index contributed by atoms with van der Waals surface area (Å²) in [6, 6.07) is 8.34. The first-order valence-electron chi connectivity index (χ1n) is 7.48. The lowest BCUT2D eigenvalue weighted by atomic mass is 9.98.